The fraction of sp³-hybridized carbons (Fsp3) is 0.136. The summed E-state index contributed by atoms with van der Waals surface area (Å²) in [6.07, 6.45) is 0. The summed E-state index contributed by atoms with van der Waals surface area (Å²) in [5.74, 6) is 0.0725. The fourth-order valence-electron chi connectivity index (χ4n) is 3.04. The van der Waals surface area contributed by atoms with E-state index in [9.17, 15) is 9.18 Å². The number of anilines is 1. The SMILES string of the molecule is Cc1cc(C)cc(OCC(=O)Nc2ccc3nn(-c4ccc(F)cc4)nc3c2)c1. The van der Waals surface area contributed by atoms with Gasteiger partial charge in [0.15, 0.2) is 6.61 Å². The monoisotopic (exact) mass is 390 g/mol. The summed E-state index contributed by atoms with van der Waals surface area (Å²) < 4.78 is 18.7. The molecule has 1 N–H and O–H groups in total. The lowest BCUT2D eigenvalue weighted by Gasteiger charge is -2.09. The van der Waals surface area contributed by atoms with Gasteiger partial charge in [0.2, 0.25) is 0 Å². The molecule has 7 heteroatoms. The molecule has 1 aromatic heterocycles. The van der Waals surface area contributed by atoms with Crippen LogP contribution in [0.3, 0.4) is 0 Å². The summed E-state index contributed by atoms with van der Waals surface area (Å²) in [5.41, 5.74) is 4.68. The first-order valence-corrected chi connectivity index (χ1v) is 9.10. The average molecular weight is 390 g/mol. The van der Waals surface area contributed by atoms with Gasteiger partial charge in [0, 0.05) is 5.69 Å². The van der Waals surface area contributed by atoms with Crippen molar-refractivity contribution in [3.8, 4) is 11.4 Å². The highest BCUT2D eigenvalue weighted by Crippen LogP contribution is 2.19. The zero-order chi connectivity index (χ0) is 20.4. The molecular formula is C22H19FN4O2. The lowest BCUT2D eigenvalue weighted by atomic mass is 10.1. The smallest absolute Gasteiger partial charge is 0.262 e. The van der Waals surface area contributed by atoms with Gasteiger partial charge in [0.1, 0.15) is 22.6 Å². The number of carbonyl (C=O) groups is 1. The molecule has 4 rings (SSSR count). The number of hydrogen-bond acceptors (Lipinski definition) is 4. The molecule has 4 aromatic rings. The topological polar surface area (TPSA) is 69.0 Å². The van der Waals surface area contributed by atoms with Crippen molar-refractivity contribution in [2.24, 2.45) is 0 Å². The Morgan fingerprint density at radius 1 is 0.966 bits per heavy atom. The van der Waals surface area contributed by atoms with Crippen molar-refractivity contribution in [2.45, 2.75) is 13.8 Å². The van der Waals surface area contributed by atoms with Gasteiger partial charge in [0.05, 0.1) is 5.69 Å². The number of benzene rings is 3. The van der Waals surface area contributed by atoms with Gasteiger partial charge in [-0.3, -0.25) is 4.79 Å². The summed E-state index contributed by atoms with van der Waals surface area (Å²) in [7, 11) is 0. The molecule has 0 bridgehead atoms. The van der Waals surface area contributed by atoms with Crippen molar-refractivity contribution in [1.82, 2.24) is 15.0 Å². The average Bonchev–Trinajstić information content (AvgIpc) is 3.09. The molecule has 146 valence electrons. The van der Waals surface area contributed by atoms with Gasteiger partial charge in [-0.15, -0.1) is 10.2 Å². The van der Waals surface area contributed by atoms with Crippen LogP contribution in [0.25, 0.3) is 16.7 Å². The third-order valence-corrected chi connectivity index (χ3v) is 4.29. The number of aryl methyl sites for hydroxylation is 2. The molecule has 0 spiro atoms. The highest BCUT2D eigenvalue weighted by atomic mass is 19.1. The Bertz CT molecular complexity index is 1170. The van der Waals surface area contributed by atoms with E-state index in [1.54, 1.807) is 30.3 Å². The number of fused-ring (bicyclic) bond motifs is 1. The second-order valence-corrected chi connectivity index (χ2v) is 6.83. The van der Waals surface area contributed by atoms with Gasteiger partial charge in [-0.05, 0) is 79.6 Å². The Hall–Kier alpha value is -3.74. The number of ether oxygens (including phenoxy) is 1. The van der Waals surface area contributed by atoms with E-state index in [-0.39, 0.29) is 18.3 Å². The zero-order valence-electron chi connectivity index (χ0n) is 16.0. The van der Waals surface area contributed by atoms with Gasteiger partial charge < -0.3 is 10.1 Å². The molecule has 1 heterocycles. The maximum Gasteiger partial charge on any atom is 0.262 e. The predicted octanol–water partition coefficient (Wildman–Crippen LogP) is 4.19. The zero-order valence-corrected chi connectivity index (χ0v) is 16.0. The Kier molecular flexibility index (Phi) is 4.95. The Balaban J connectivity index is 1.45. The van der Waals surface area contributed by atoms with E-state index in [1.165, 1.54) is 16.9 Å². The molecule has 0 aliphatic carbocycles. The van der Waals surface area contributed by atoms with Gasteiger partial charge in [-0.2, -0.15) is 4.80 Å². The number of rotatable bonds is 5. The van der Waals surface area contributed by atoms with Gasteiger partial charge in [-0.25, -0.2) is 4.39 Å². The van der Waals surface area contributed by atoms with E-state index in [4.69, 9.17) is 4.74 Å². The van der Waals surface area contributed by atoms with E-state index in [0.717, 1.165) is 11.1 Å². The molecule has 0 aliphatic rings. The Morgan fingerprint density at radius 3 is 2.38 bits per heavy atom. The summed E-state index contributed by atoms with van der Waals surface area (Å²) >= 11 is 0. The minimum atomic E-state index is -0.321. The molecule has 6 nitrogen and oxygen atoms in total. The van der Waals surface area contributed by atoms with Crippen LogP contribution in [0, 0.1) is 19.7 Å². The van der Waals surface area contributed by atoms with Crippen LogP contribution in [0.15, 0.2) is 60.7 Å². The van der Waals surface area contributed by atoms with Gasteiger partial charge in [0.25, 0.3) is 5.91 Å². The predicted molar refractivity (Wildman–Crippen MR) is 109 cm³/mol. The maximum absolute atomic E-state index is 13.1. The fourth-order valence-corrected chi connectivity index (χ4v) is 3.04. The van der Waals surface area contributed by atoms with E-state index in [1.807, 2.05) is 32.0 Å². The highest BCUT2D eigenvalue weighted by molar-refractivity contribution is 5.93. The molecule has 0 unspecified atom stereocenters. The van der Waals surface area contributed by atoms with Crippen LogP contribution in [-0.2, 0) is 4.79 Å². The van der Waals surface area contributed by atoms with Crippen LogP contribution < -0.4 is 10.1 Å². The van der Waals surface area contributed by atoms with Crippen LogP contribution in [0.1, 0.15) is 11.1 Å². The van der Waals surface area contributed by atoms with E-state index in [0.29, 0.717) is 28.2 Å². The lowest BCUT2D eigenvalue weighted by molar-refractivity contribution is -0.118. The molecule has 0 radical (unpaired) electrons. The number of amides is 1. The maximum atomic E-state index is 13.1. The molecule has 29 heavy (non-hydrogen) atoms. The first kappa shape index (κ1) is 18.6. The lowest BCUT2D eigenvalue weighted by Crippen LogP contribution is -2.20. The number of nitrogens with one attached hydrogen (secondary N) is 1. The normalized spacial score (nSPS) is 10.9. The van der Waals surface area contributed by atoms with Gasteiger partial charge >= 0.3 is 0 Å². The molecule has 0 saturated heterocycles. The van der Waals surface area contributed by atoms with E-state index < -0.39 is 0 Å². The van der Waals surface area contributed by atoms with Crippen LogP contribution in [0.5, 0.6) is 5.75 Å². The summed E-state index contributed by atoms with van der Waals surface area (Å²) in [6.45, 7) is 3.87. The molecule has 3 aromatic carbocycles. The molecule has 0 atom stereocenters. The minimum Gasteiger partial charge on any atom is -0.484 e. The van der Waals surface area contributed by atoms with Gasteiger partial charge in [-0.1, -0.05) is 6.07 Å². The number of nitrogens with zero attached hydrogens (tertiary/aromatic N) is 3. The third-order valence-electron chi connectivity index (χ3n) is 4.29. The van der Waals surface area contributed by atoms with E-state index >= 15 is 0 Å². The molecule has 0 fully saturated rings. The minimum absolute atomic E-state index is 0.0940. The molecule has 1 amide bonds. The molecule has 0 aliphatic heterocycles. The summed E-state index contributed by atoms with van der Waals surface area (Å²) in [6, 6.07) is 17.0. The number of aromatic nitrogens is 3. The van der Waals surface area contributed by atoms with Crippen molar-refractivity contribution < 1.29 is 13.9 Å². The van der Waals surface area contributed by atoms with Crippen molar-refractivity contribution in [3.05, 3.63) is 77.6 Å². The van der Waals surface area contributed by atoms with Crippen LogP contribution in [0.4, 0.5) is 10.1 Å². The quantitative estimate of drug-likeness (QED) is 0.555. The van der Waals surface area contributed by atoms with Crippen molar-refractivity contribution in [3.63, 3.8) is 0 Å². The second kappa shape index (κ2) is 7.71. The number of halogens is 1. The van der Waals surface area contributed by atoms with Crippen LogP contribution in [0.2, 0.25) is 0 Å². The summed E-state index contributed by atoms with van der Waals surface area (Å²) in [5, 5.41) is 11.6. The van der Waals surface area contributed by atoms with Crippen molar-refractivity contribution in [1.29, 1.82) is 0 Å². The van der Waals surface area contributed by atoms with Crippen molar-refractivity contribution in [2.75, 3.05) is 11.9 Å². The second-order valence-electron chi connectivity index (χ2n) is 6.83. The van der Waals surface area contributed by atoms with E-state index in [2.05, 4.69) is 15.5 Å². The summed E-state index contributed by atoms with van der Waals surface area (Å²) in [4.78, 5) is 13.7. The first-order chi connectivity index (χ1) is 14.0. The van der Waals surface area contributed by atoms with Crippen LogP contribution >= 0.6 is 0 Å². The highest BCUT2D eigenvalue weighted by Gasteiger charge is 2.09. The standard InChI is InChI=1S/C22H19FN4O2/c1-14-9-15(2)11-19(10-14)29-13-22(28)24-17-5-8-20-21(12-17)26-27(25-20)18-6-3-16(23)4-7-18/h3-12H,13H2,1-2H3,(H,24,28). The Labute approximate surface area is 166 Å². The first-order valence-electron chi connectivity index (χ1n) is 9.10. The van der Waals surface area contributed by atoms with Crippen molar-refractivity contribution >= 4 is 22.6 Å². The molecule has 0 saturated carbocycles. The van der Waals surface area contributed by atoms with Crippen LogP contribution in [-0.4, -0.2) is 27.5 Å². The third kappa shape index (κ3) is 4.40. The molecular weight excluding hydrogens is 371 g/mol. The largest absolute Gasteiger partial charge is 0.484 e. The number of hydrogen-bond donors (Lipinski definition) is 1. The Morgan fingerprint density at radius 2 is 1.66 bits per heavy atom. The number of carbonyl (C=O) groups excluding carboxylic acids is 1.